The van der Waals surface area contributed by atoms with Gasteiger partial charge in [0.25, 0.3) is 0 Å². The van der Waals surface area contributed by atoms with Gasteiger partial charge in [0.05, 0.1) is 0 Å². The van der Waals surface area contributed by atoms with Gasteiger partial charge in [-0.25, -0.2) is 0 Å². The van der Waals surface area contributed by atoms with E-state index in [0.717, 1.165) is 18.8 Å². The molecule has 3 saturated carbocycles. The van der Waals surface area contributed by atoms with E-state index in [1.165, 1.54) is 37.7 Å². The fourth-order valence-corrected chi connectivity index (χ4v) is 9.74. The summed E-state index contributed by atoms with van der Waals surface area (Å²) < 4.78 is 0. The Hall–Kier alpha value is -0.850. The molecule has 3 fully saturated rings. The monoisotopic (exact) mass is 480 g/mol. The minimum absolute atomic E-state index is 0.147. The molecular weight excluding hydrogens is 424 g/mol. The van der Waals surface area contributed by atoms with Gasteiger partial charge in [0.1, 0.15) is 0 Å². The zero-order valence-electron chi connectivity index (χ0n) is 25.1. The van der Waals surface area contributed by atoms with E-state index in [-0.39, 0.29) is 33.0 Å². The second-order valence-electron chi connectivity index (χ2n) is 16.2. The number of allylic oxidation sites excluding steroid dienone is 3. The SMILES string of the molecule is C=C(C[C@@H](C)C(C)(C)[C@H]1CC[C@@]2(C)C3=CC(=O)[C@@H]4C[C@@H](C)[C@@H](C)C[C@]4(C)C3CC[C@]12C)C(C)(C)C. The lowest BCUT2D eigenvalue weighted by molar-refractivity contribution is -0.134. The molecule has 1 nitrogen and oxygen atoms in total. The number of hydrogen-bond donors (Lipinski definition) is 0. The Balaban J connectivity index is 1.67. The van der Waals surface area contributed by atoms with Gasteiger partial charge in [-0.1, -0.05) is 93.9 Å². The molecule has 4 rings (SSSR count). The van der Waals surface area contributed by atoms with Crippen LogP contribution >= 0.6 is 0 Å². The number of ketones is 1. The number of carbonyl (C=O) groups excluding carboxylic acids is 1. The summed E-state index contributed by atoms with van der Waals surface area (Å²) in [5.41, 5.74) is 3.91. The summed E-state index contributed by atoms with van der Waals surface area (Å²) in [6.45, 7) is 31.4. The maximum absolute atomic E-state index is 13.7. The average molecular weight is 481 g/mol. The first-order valence-electron chi connectivity index (χ1n) is 14.8. The lowest BCUT2D eigenvalue weighted by atomic mass is 9.41. The number of fused-ring (bicyclic) bond motifs is 5. The Kier molecular flexibility index (Phi) is 6.47. The van der Waals surface area contributed by atoms with Crippen molar-refractivity contribution in [2.45, 2.75) is 121 Å². The molecule has 0 aromatic carbocycles. The van der Waals surface area contributed by atoms with Crippen molar-refractivity contribution < 1.29 is 4.79 Å². The van der Waals surface area contributed by atoms with E-state index >= 15 is 0 Å². The molecule has 0 aromatic rings. The second-order valence-corrected chi connectivity index (χ2v) is 16.2. The molecule has 4 aliphatic rings. The van der Waals surface area contributed by atoms with E-state index in [0.29, 0.717) is 29.5 Å². The summed E-state index contributed by atoms with van der Waals surface area (Å²) >= 11 is 0. The molecule has 9 atom stereocenters. The van der Waals surface area contributed by atoms with E-state index in [1.54, 1.807) is 5.57 Å². The molecule has 0 amide bonds. The van der Waals surface area contributed by atoms with Gasteiger partial charge in [-0.2, -0.15) is 0 Å². The van der Waals surface area contributed by atoms with Crippen molar-refractivity contribution in [2.75, 3.05) is 0 Å². The van der Waals surface area contributed by atoms with Crippen molar-refractivity contribution in [3.8, 4) is 0 Å². The van der Waals surface area contributed by atoms with Gasteiger partial charge in [0, 0.05) is 5.92 Å². The Morgan fingerprint density at radius 2 is 1.66 bits per heavy atom. The van der Waals surface area contributed by atoms with Crippen molar-refractivity contribution in [3.63, 3.8) is 0 Å². The summed E-state index contributed by atoms with van der Waals surface area (Å²) in [6, 6.07) is 0. The third-order valence-electron chi connectivity index (χ3n) is 13.3. The molecular formula is C34H56O. The highest BCUT2D eigenvalue weighted by Gasteiger charge is 2.66. The molecule has 0 N–H and O–H groups in total. The lowest BCUT2D eigenvalue weighted by Gasteiger charge is -2.62. The summed E-state index contributed by atoms with van der Waals surface area (Å²) in [7, 11) is 0. The molecule has 0 saturated heterocycles. The van der Waals surface area contributed by atoms with Crippen LogP contribution in [0, 0.1) is 62.6 Å². The first kappa shape index (κ1) is 27.2. The van der Waals surface area contributed by atoms with Crippen molar-refractivity contribution in [1.29, 1.82) is 0 Å². The number of carbonyl (C=O) groups is 1. The zero-order chi connectivity index (χ0) is 26.4. The van der Waals surface area contributed by atoms with Crippen molar-refractivity contribution in [3.05, 3.63) is 23.8 Å². The largest absolute Gasteiger partial charge is 0.295 e. The van der Waals surface area contributed by atoms with Crippen LogP contribution in [0.25, 0.3) is 0 Å². The second kappa shape index (κ2) is 8.33. The highest BCUT2D eigenvalue weighted by Crippen LogP contribution is 2.74. The predicted molar refractivity (Wildman–Crippen MR) is 150 cm³/mol. The van der Waals surface area contributed by atoms with Gasteiger partial charge in [0.15, 0.2) is 5.78 Å². The normalized spacial score (nSPS) is 44.7. The summed E-state index contributed by atoms with van der Waals surface area (Å²) in [4.78, 5) is 13.7. The van der Waals surface area contributed by atoms with Gasteiger partial charge in [-0.05, 0) is 108 Å². The molecule has 0 spiro atoms. The summed E-state index contributed by atoms with van der Waals surface area (Å²) in [5, 5.41) is 0. The Morgan fingerprint density at radius 1 is 1.03 bits per heavy atom. The third kappa shape index (κ3) is 3.87. The van der Waals surface area contributed by atoms with Gasteiger partial charge in [0.2, 0.25) is 0 Å². The molecule has 35 heavy (non-hydrogen) atoms. The van der Waals surface area contributed by atoms with Crippen LogP contribution in [0.15, 0.2) is 23.8 Å². The van der Waals surface area contributed by atoms with E-state index in [1.807, 2.05) is 0 Å². The van der Waals surface area contributed by atoms with Gasteiger partial charge in [-0.3, -0.25) is 4.79 Å². The van der Waals surface area contributed by atoms with Crippen LogP contribution < -0.4 is 0 Å². The van der Waals surface area contributed by atoms with Gasteiger partial charge in [-0.15, -0.1) is 0 Å². The summed E-state index contributed by atoms with van der Waals surface area (Å²) in [5.74, 6) is 3.95. The smallest absolute Gasteiger partial charge is 0.159 e. The van der Waals surface area contributed by atoms with Crippen LogP contribution in [0.2, 0.25) is 0 Å². The van der Waals surface area contributed by atoms with E-state index < -0.39 is 0 Å². The molecule has 4 aliphatic carbocycles. The van der Waals surface area contributed by atoms with Crippen molar-refractivity contribution in [1.82, 2.24) is 0 Å². The van der Waals surface area contributed by atoms with Crippen molar-refractivity contribution in [2.24, 2.45) is 62.6 Å². The molecule has 1 heteroatoms. The third-order valence-corrected chi connectivity index (χ3v) is 13.3. The minimum Gasteiger partial charge on any atom is -0.295 e. The molecule has 0 heterocycles. The topological polar surface area (TPSA) is 17.1 Å². The maximum Gasteiger partial charge on any atom is 0.159 e. The van der Waals surface area contributed by atoms with Crippen LogP contribution in [0.3, 0.4) is 0 Å². The summed E-state index contributed by atoms with van der Waals surface area (Å²) in [6.07, 6.45) is 10.7. The fourth-order valence-electron chi connectivity index (χ4n) is 9.74. The highest BCUT2D eigenvalue weighted by atomic mass is 16.1. The fraction of sp³-hybridized carbons (Fsp3) is 0.853. The lowest BCUT2D eigenvalue weighted by Crippen LogP contribution is -2.56. The molecule has 0 bridgehead atoms. The Bertz CT molecular complexity index is 913. The van der Waals surface area contributed by atoms with E-state index in [9.17, 15) is 4.79 Å². The predicted octanol–water partition coefficient (Wildman–Crippen LogP) is 9.67. The van der Waals surface area contributed by atoms with Crippen LogP contribution in [0.4, 0.5) is 0 Å². The van der Waals surface area contributed by atoms with Crippen molar-refractivity contribution >= 4 is 5.78 Å². The maximum atomic E-state index is 13.7. The molecule has 1 unspecified atom stereocenters. The van der Waals surface area contributed by atoms with Crippen LogP contribution in [-0.2, 0) is 4.79 Å². The first-order chi connectivity index (χ1) is 15.9. The zero-order valence-corrected chi connectivity index (χ0v) is 25.1. The van der Waals surface area contributed by atoms with Crippen LogP contribution in [0.5, 0.6) is 0 Å². The van der Waals surface area contributed by atoms with Crippen LogP contribution in [0.1, 0.15) is 121 Å². The number of hydrogen-bond acceptors (Lipinski definition) is 1. The Morgan fingerprint density at radius 3 is 2.26 bits per heavy atom. The van der Waals surface area contributed by atoms with Gasteiger partial charge >= 0.3 is 0 Å². The quantitative estimate of drug-likeness (QED) is 0.366. The average Bonchev–Trinajstić information content (AvgIpc) is 3.01. The molecule has 0 radical (unpaired) electrons. The minimum atomic E-state index is 0.147. The van der Waals surface area contributed by atoms with E-state index in [2.05, 4.69) is 88.8 Å². The van der Waals surface area contributed by atoms with Crippen LogP contribution in [-0.4, -0.2) is 5.78 Å². The number of rotatable bonds is 4. The first-order valence-corrected chi connectivity index (χ1v) is 14.8. The standard InChI is InChI=1S/C34H56O/c1-21-17-27-28(35)19-26-25(32(27,10)20-22(21)2)13-15-34(12)29(14-16-33(26,34)11)31(8,9)24(4)18-23(3)30(5,6)7/h19,21-22,24-25,27,29H,3,13-18,20H2,1-2,4-12H3/t21-,22+,24-,25?,27+,29-,32-,33+,34-/m1/s1. The Labute approximate surface area is 218 Å². The molecule has 0 aliphatic heterocycles. The van der Waals surface area contributed by atoms with E-state index in [4.69, 9.17) is 0 Å². The highest BCUT2D eigenvalue weighted by molar-refractivity contribution is 5.94. The molecule has 0 aromatic heterocycles. The molecule has 198 valence electrons. The van der Waals surface area contributed by atoms with Gasteiger partial charge < -0.3 is 0 Å².